The Morgan fingerprint density at radius 1 is 1.44 bits per heavy atom. The van der Waals surface area contributed by atoms with E-state index in [2.05, 4.69) is 13.0 Å². The second-order valence-corrected chi connectivity index (χ2v) is 5.45. The zero-order valence-corrected chi connectivity index (χ0v) is 11.2. The molecule has 0 radical (unpaired) electrons. The summed E-state index contributed by atoms with van der Waals surface area (Å²) in [4.78, 5) is 22.5. The molecule has 1 heterocycles. The number of ketones is 1. The van der Waals surface area contributed by atoms with Gasteiger partial charge in [-0.15, -0.1) is 0 Å². The third-order valence-electron chi connectivity index (χ3n) is 4.05. The van der Waals surface area contributed by atoms with Crippen LogP contribution in [0.3, 0.4) is 0 Å². The van der Waals surface area contributed by atoms with Gasteiger partial charge >= 0.3 is 5.97 Å². The third-order valence-corrected chi connectivity index (χ3v) is 4.05. The van der Waals surface area contributed by atoms with Gasteiger partial charge in [-0.25, -0.2) is 0 Å². The first-order valence-electron chi connectivity index (χ1n) is 6.58. The quantitative estimate of drug-likeness (QED) is 0.557. The molecule has 4 atom stereocenters. The lowest BCUT2D eigenvalue weighted by Crippen LogP contribution is -2.19. The molecule has 3 nitrogen and oxygen atoms in total. The molecule has 0 aromatic heterocycles. The van der Waals surface area contributed by atoms with Gasteiger partial charge in [0.15, 0.2) is 5.78 Å². The fraction of sp³-hybridized carbons (Fsp3) is 0.600. The summed E-state index contributed by atoms with van der Waals surface area (Å²) >= 11 is 0. The van der Waals surface area contributed by atoms with E-state index in [0.29, 0.717) is 11.8 Å². The van der Waals surface area contributed by atoms with Crippen molar-refractivity contribution in [2.75, 3.05) is 0 Å². The second-order valence-electron chi connectivity index (χ2n) is 5.45. The molecule has 2 aliphatic rings. The Balaban J connectivity index is 2.15. The number of hydrogen-bond donors (Lipinski definition) is 0. The van der Waals surface area contributed by atoms with E-state index in [9.17, 15) is 9.59 Å². The van der Waals surface area contributed by atoms with Crippen LogP contribution in [-0.2, 0) is 14.3 Å². The van der Waals surface area contributed by atoms with Gasteiger partial charge < -0.3 is 4.74 Å². The summed E-state index contributed by atoms with van der Waals surface area (Å²) in [6.07, 6.45) is 7.43. The van der Waals surface area contributed by atoms with Crippen LogP contribution < -0.4 is 0 Å². The lowest BCUT2D eigenvalue weighted by molar-refractivity contribution is -0.144. The van der Waals surface area contributed by atoms with Crippen LogP contribution in [0.5, 0.6) is 0 Å². The van der Waals surface area contributed by atoms with Crippen molar-refractivity contribution in [2.24, 2.45) is 17.8 Å². The molecule has 0 bridgehead atoms. The minimum absolute atomic E-state index is 0.00501. The van der Waals surface area contributed by atoms with Gasteiger partial charge in [-0.2, -0.15) is 0 Å². The van der Waals surface area contributed by atoms with Crippen molar-refractivity contribution < 1.29 is 14.3 Å². The maximum Gasteiger partial charge on any atom is 0.309 e. The van der Waals surface area contributed by atoms with Gasteiger partial charge in [-0.3, -0.25) is 9.59 Å². The number of carbonyl (C=O) groups excluding carboxylic acids is 2. The molecular formula is C15H20O3. The first-order valence-corrected chi connectivity index (χ1v) is 6.58. The summed E-state index contributed by atoms with van der Waals surface area (Å²) < 4.78 is 5.44. The predicted molar refractivity (Wildman–Crippen MR) is 68.8 cm³/mol. The summed E-state index contributed by atoms with van der Waals surface area (Å²) in [6, 6.07) is 0. The number of carbonyl (C=O) groups is 2. The highest BCUT2D eigenvalue weighted by Gasteiger charge is 2.42. The van der Waals surface area contributed by atoms with Gasteiger partial charge in [0.05, 0.1) is 5.92 Å². The lowest BCUT2D eigenvalue weighted by atomic mass is 9.87. The molecule has 0 aromatic carbocycles. The monoisotopic (exact) mass is 248 g/mol. The van der Waals surface area contributed by atoms with Crippen molar-refractivity contribution in [1.29, 1.82) is 0 Å². The van der Waals surface area contributed by atoms with E-state index in [4.69, 9.17) is 4.74 Å². The van der Waals surface area contributed by atoms with E-state index in [1.807, 2.05) is 13.0 Å². The maximum atomic E-state index is 11.6. The van der Waals surface area contributed by atoms with Crippen LogP contribution in [-0.4, -0.2) is 17.9 Å². The van der Waals surface area contributed by atoms with E-state index >= 15 is 0 Å². The van der Waals surface area contributed by atoms with Gasteiger partial charge in [0, 0.05) is 5.92 Å². The van der Waals surface area contributed by atoms with Gasteiger partial charge in [-0.05, 0) is 37.3 Å². The molecule has 0 spiro atoms. The largest absolute Gasteiger partial charge is 0.462 e. The summed E-state index contributed by atoms with van der Waals surface area (Å²) in [5.74, 6) is 0.618. The number of ether oxygens (including phenoxy) is 1. The van der Waals surface area contributed by atoms with Crippen LogP contribution in [0, 0.1) is 17.8 Å². The first kappa shape index (κ1) is 13.1. The maximum absolute atomic E-state index is 11.6. The first-order chi connectivity index (χ1) is 8.49. The van der Waals surface area contributed by atoms with Crippen LogP contribution in [0.15, 0.2) is 23.8 Å². The van der Waals surface area contributed by atoms with Crippen molar-refractivity contribution in [3.05, 3.63) is 23.8 Å². The van der Waals surface area contributed by atoms with Crippen molar-refractivity contribution in [3.8, 4) is 0 Å². The summed E-state index contributed by atoms with van der Waals surface area (Å²) in [6.45, 7) is 5.62. The molecule has 0 saturated carbocycles. The fourth-order valence-corrected chi connectivity index (χ4v) is 2.82. The average Bonchev–Trinajstić information content (AvgIpc) is 2.46. The molecule has 0 N–H and O–H groups in total. The Hall–Kier alpha value is -1.38. The zero-order chi connectivity index (χ0) is 13.3. The van der Waals surface area contributed by atoms with Crippen molar-refractivity contribution in [3.63, 3.8) is 0 Å². The topological polar surface area (TPSA) is 43.4 Å². The molecule has 18 heavy (non-hydrogen) atoms. The van der Waals surface area contributed by atoms with E-state index in [1.165, 1.54) is 5.57 Å². The predicted octanol–water partition coefficient (Wildman–Crippen LogP) is 2.67. The van der Waals surface area contributed by atoms with Crippen LogP contribution in [0.1, 0.15) is 33.6 Å². The van der Waals surface area contributed by atoms with E-state index in [0.717, 1.165) is 12.8 Å². The number of esters is 1. The van der Waals surface area contributed by atoms with Crippen LogP contribution >= 0.6 is 0 Å². The van der Waals surface area contributed by atoms with Gasteiger partial charge in [0.2, 0.25) is 0 Å². The summed E-state index contributed by atoms with van der Waals surface area (Å²) in [7, 11) is 0. The van der Waals surface area contributed by atoms with E-state index in [1.54, 1.807) is 13.0 Å². The smallest absolute Gasteiger partial charge is 0.309 e. The molecule has 0 amide bonds. The van der Waals surface area contributed by atoms with Crippen molar-refractivity contribution >= 4 is 11.8 Å². The lowest BCUT2D eigenvalue weighted by Gasteiger charge is -2.17. The van der Waals surface area contributed by atoms with Gasteiger partial charge in [0.25, 0.3) is 0 Å². The fourth-order valence-electron chi connectivity index (χ4n) is 2.82. The molecule has 1 saturated heterocycles. The molecule has 98 valence electrons. The SMILES string of the molecule is CC(=O)/C=C/C1=CCC2C(CC1C)OC(=O)C2C. The highest BCUT2D eigenvalue weighted by Crippen LogP contribution is 2.39. The van der Waals surface area contributed by atoms with Crippen LogP contribution in [0.4, 0.5) is 0 Å². The highest BCUT2D eigenvalue weighted by molar-refractivity contribution is 5.87. The minimum Gasteiger partial charge on any atom is -0.462 e. The van der Waals surface area contributed by atoms with E-state index in [-0.39, 0.29) is 23.8 Å². The van der Waals surface area contributed by atoms with Crippen LogP contribution in [0.2, 0.25) is 0 Å². The number of fused-ring (bicyclic) bond motifs is 1. The summed E-state index contributed by atoms with van der Waals surface area (Å²) in [5, 5.41) is 0. The zero-order valence-electron chi connectivity index (χ0n) is 11.2. The third kappa shape index (κ3) is 2.55. The number of rotatable bonds is 2. The Labute approximate surface area is 108 Å². The van der Waals surface area contributed by atoms with Crippen molar-refractivity contribution in [2.45, 2.75) is 39.7 Å². The number of hydrogen-bond acceptors (Lipinski definition) is 3. The molecule has 1 fully saturated rings. The normalized spacial score (nSPS) is 35.9. The molecule has 3 heteroatoms. The molecule has 1 aliphatic carbocycles. The van der Waals surface area contributed by atoms with E-state index < -0.39 is 0 Å². The standard InChI is InChI=1S/C15H20O3/c1-9-8-14-13(11(3)15(17)18-14)7-6-12(9)5-4-10(2)16/h4-6,9,11,13-14H,7-8H2,1-3H3/b5-4+. The molecule has 2 rings (SSSR count). The highest BCUT2D eigenvalue weighted by atomic mass is 16.6. The number of allylic oxidation sites excluding steroid dienone is 4. The average molecular weight is 248 g/mol. The van der Waals surface area contributed by atoms with Gasteiger partial charge in [0.1, 0.15) is 6.10 Å². The molecule has 0 aromatic rings. The Morgan fingerprint density at radius 2 is 2.17 bits per heavy atom. The molecular weight excluding hydrogens is 228 g/mol. The van der Waals surface area contributed by atoms with Gasteiger partial charge in [-0.1, -0.05) is 26.0 Å². The molecule has 4 unspecified atom stereocenters. The van der Waals surface area contributed by atoms with Crippen LogP contribution in [0.25, 0.3) is 0 Å². The molecule has 1 aliphatic heterocycles. The Bertz CT molecular complexity index is 419. The Kier molecular flexibility index (Phi) is 3.69. The summed E-state index contributed by atoms with van der Waals surface area (Å²) in [5.41, 5.74) is 1.18. The van der Waals surface area contributed by atoms with Crippen molar-refractivity contribution in [1.82, 2.24) is 0 Å². The second kappa shape index (κ2) is 5.09. The minimum atomic E-state index is -0.0617. The Morgan fingerprint density at radius 3 is 2.83 bits per heavy atom.